The zero-order valence-corrected chi connectivity index (χ0v) is 19.2. The van der Waals surface area contributed by atoms with Crippen LogP contribution >= 0.6 is 11.6 Å². The van der Waals surface area contributed by atoms with E-state index >= 15 is 0 Å². The molecular formula is C22H27ClN8O2. The first-order valence-corrected chi connectivity index (χ1v) is 11.3. The molecule has 174 valence electrons. The fraction of sp³-hybridized carbons (Fsp3) is 0.455. The van der Waals surface area contributed by atoms with Crippen molar-refractivity contribution in [3.05, 3.63) is 40.9 Å². The van der Waals surface area contributed by atoms with E-state index in [4.69, 9.17) is 27.8 Å². The van der Waals surface area contributed by atoms with Gasteiger partial charge >= 0.3 is 0 Å². The predicted molar refractivity (Wildman–Crippen MR) is 126 cm³/mol. The number of imidazole rings is 1. The Kier molecular flexibility index (Phi) is 5.59. The van der Waals surface area contributed by atoms with Gasteiger partial charge in [0.25, 0.3) is 0 Å². The number of benzene rings is 1. The van der Waals surface area contributed by atoms with Gasteiger partial charge in [-0.2, -0.15) is 0 Å². The molecule has 1 saturated carbocycles. The number of rotatable bonds is 7. The van der Waals surface area contributed by atoms with Crippen LogP contribution in [0.5, 0.6) is 0 Å². The van der Waals surface area contributed by atoms with Crippen LogP contribution < -0.4 is 21.7 Å². The summed E-state index contributed by atoms with van der Waals surface area (Å²) in [7, 11) is 1.64. The molecule has 3 heterocycles. The number of nitrogens with zero attached hydrogens (tertiary/aromatic N) is 5. The number of hydrogen-bond acceptors (Lipinski definition) is 8. The molecule has 0 bridgehead atoms. The highest BCUT2D eigenvalue weighted by atomic mass is 35.5. The standard InChI is InChI=1S/C22H27ClN8O2/c1-33-9-15-14(8-31-12-28-18-19(24)26-11-27-20(18)31)17(5-4-16(15)23)30-7-6-22(25,10-30)21(32)29-13-2-3-13/h4-5,11-13H,2-3,6-10,25H2,1H3,(H,29,32)(H2,24,26,27)/t22-/m1/s1. The van der Waals surface area contributed by atoms with Crippen molar-refractivity contribution in [3.63, 3.8) is 0 Å². The third-order valence-corrected chi connectivity index (χ3v) is 6.76. The lowest BCUT2D eigenvalue weighted by Crippen LogP contribution is -2.56. The summed E-state index contributed by atoms with van der Waals surface area (Å²) in [5.41, 5.74) is 15.6. The van der Waals surface area contributed by atoms with Gasteiger partial charge in [0.05, 0.1) is 19.5 Å². The Hall–Kier alpha value is -2.95. The first-order valence-electron chi connectivity index (χ1n) is 10.9. The maximum absolute atomic E-state index is 12.8. The van der Waals surface area contributed by atoms with Gasteiger partial charge in [-0.25, -0.2) is 15.0 Å². The molecule has 3 aromatic rings. The van der Waals surface area contributed by atoms with Gasteiger partial charge in [0.2, 0.25) is 5.91 Å². The first kappa shape index (κ1) is 21.9. The van der Waals surface area contributed by atoms with Gasteiger partial charge < -0.3 is 31.0 Å². The zero-order valence-electron chi connectivity index (χ0n) is 18.4. The Balaban J connectivity index is 1.51. The number of fused-ring (bicyclic) bond motifs is 1. The van der Waals surface area contributed by atoms with Crippen molar-refractivity contribution in [3.8, 4) is 0 Å². The van der Waals surface area contributed by atoms with E-state index in [0.717, 1.165) is 29.7 Å². The zero-order chi connectivity index (χ0) is 23.2. The Bertz CT molecular complexity index is 1210. The summed E-state index contributed by atoms with van der Waals surface area (Å²) in [4.78, 5) is 27.7. The monoisotopic (exact) mass is 470 g/mol. The molecule has 5 N–H and O–H groups in total. The van der Waals surface area contributed by atoms with Crippen LogP contribution in [0, 0.1) is 0 Å². The second kappa shape index (κ2) is 8.44. The van der Waals surface area contributed by atoms with Crippen molar-refractivity contribution in [1.82, 2.24) is 24.8 Å². The number of nitrogens with two attached hydrogens (primary N) is 2. The lowest BCUT2D eigenvalue weighted by Gasteiger charge is -2.27. The summed E-state index contributed by atoms with van der Waals surface area (Å²) in [6.45, 7) is 1.88. The topological polar surface area (TPSA) is 137 Å². The molecule has 2 aliphatic rings. The predicted octanol–water partition coefficient (Wildman–Crippen LogP) is 1.44. The van der Waals surface area contributed by atoms with Gasteiger partial charge in [-0.15, -0.1) is 0 Å². The average molecular weight is 471 g/mol. The van der Waals surface area contributed by atoms with Crippen LogP contribution in [0.1, 0.15) is 30.4 Å². The summed E-state index contributed by atoms with van der Waals surface area (Å²) in [6, 6.07) is 4.11. The minimum Gasteiger partial charge on any atom is -0.382 e. The van der Waals surface area contributed by atoms with Gasteiger partial charge in [0.15, 0.2) is 11.5 Å². The van der Waals surface area contributed by atoms with Gasteiger partial charge in [-0.3, -0.25) is 4.79 Å². The molecule has 1 atom stereocenters. The molecule has 10 nitrogen and oxygen atoms in total. The molecule has 1 aromatic carbocycles. The number of methoxy groups -OCH3 is 1. The van der Waals surface area contributed by atoms with E-state index in [1.165, 1.54) is 6.33 Å². The van der Waals surface area contributed by atoms with E-state index in [1.807, 2.05) is 16.7 Å². The molecule has 2 aromatic heterocycles. The maximum atomic E-state index is 12.8. The van der Waals surface area contributed by atoms with E-state index < -0.39 is 5.54 Å². The molecular weight excluding hydrogens is 444 g/mol. The molecule has 0 unspecified atom stereocenters. The van der Waals surface area contributed by atoms with Crippen molar-refractivity contribution in [2.24, 2.45) is 5.73 Å². The van der Waals surface area contributed by atoms with Crippen LogP contribution in [-0.4, -0.2) is 57.2 Å². The summed E-state index contributed by atoms with van der Waals surface area (Å²) in [5.74, 6) is 0.254. The Morgan fingerprint density at radius 2 is 2.12 bits per heavy atom. The second-order valence-electron chi connectivity index (χ2n) is 8.84. The number of nitrogen functional groups attached to an aromatic ring is 1. The van der Waals surface area contributed by atoms with Gasteiger partial charge in [0.1, 0.15) is 17.4 Å². The normalized spacial score (nSPS) is 20.5. The minimum absolute atomic E-state index is 0.0760. The fourth-order valence-corrected chi connectivity index (χ4v) is 4.62. The van der Waals surface area contributed by atoms with E-state index in [-0.39, 0.29) is 11.9 Å². The smallest absolute Gasteiger partial charge is 0.242 e. The Morgan fingerprint density at radius 3 is 2.88 bits per heavy atom. The molecule has 0 radical (unpaired) electrons. The molecule has 1 amide bonds. The molecule has 33 heavy (non-hydrogen) atoms. The molecule has 11 heteroatoms. The molecule has 1 saturated heterocycles. The number of carbonyl (C=O) groups excluding carboxylic acids is 1. The Morgan fingerprint density at radius 1 is 1.30 bits per heavy atom. The summed E-state index contributed by atoms with van der Waals surface area (Å²) < 4.78 is 7.37. The van der Waals surface area contributed by atoms with E-state index in [2.05, 4.69) is 25.2 Å². The SMILES string of the molecule is COCc1c(Cl)ccc(N2CC[C@](N)(C(=O)NC3CC3)C2)c1Cn1cnc2c(N)ncnc21. The van der Waals surface area contributed by atoms with Crippen molar-refractivity contribution in [2.75, 3.05) is 30.8 Å². The first-order chi connectivity index (χ1) is 15.9. The van der Waals surface area contributed by atoms with Crippen molar-refractivity contribution >= 4 is 40.2 Å². The number of halogens is 1. The summed E-state index contributed by atoms with van der Waals surface area (Å²) in [5, 5.41) is 3.67. The highest BCUT2D eigenvalue weighted by molar-refractivity contribution is 6.31. The maximum Gasteiger partial charge on any atom is 0.242 e. The summed E-state index contributed by atoms with van der Waals surface area (Å²) >= 11 is 6.58. The Labute approximate surface area is 196 Å². The lowest BCUT2D eigenvalue weighted by atomic mass is 9.99. The van der Waals surface area contributed by atoms with Gasteiger partial charge in [-0.1, -0.05) is 11.6 Å². The van der Waals surface area contributed by atoms with Crippen LogP contribution in [-0.2, 0) is 22.7 Å². The number of ether oxygens (including phenoxy) is 1. The van der Waals surface area contributed by atoms with Crippen molar-refractivity contribution < 1.29 is 9.53 Å². The number of aromatic nitrogens is 4. The quantitative estimate of drug-likeness (QED) is 0.471. The van der Waals surface area contributed by atoms with Crippen LogP contribution in [0.15, 0.2) is 24.8 Å². The third kappa shape index (κ3) is 4.09. The van der Waals surface area contributed by atoms with Gasteiger partial charge in [0, 0.05) is 48.1 Å². The second-order valence-corrected chi connectivity index (χ2v) is 9.24. The van der Waals surface area contributed by atoms with Crippen molar-refractivity contribution in [2.45, 2.75) is 44.0 Å². The van der Waals surface area contributed by atoms with Gasteiger partial charge in [-0.05, 0) is 31.4 Å². The van der Waals surface area contributed by atoms with E-state index in [0.29, 0.717) is 54.7 Å². The molecule has 5 rings (SSSR count). The van der Waals surface area contributed by atoms with Crippen LogP contribution in [0.4, 0.5) is 11.5 Å². The average Bonchev–Trinajstić information content (AvgIpc) is 3.37. The fourth-order valence-electron chi connectivity index (χ4n) is 4.39. The number of amides is 1. The highest BCUT2D eigenvalue weighted by Gasteiger charge is 2.43. The highest BCUT2D eigenvalue weighted by Crippen LogP contribution is 2.35. The molecule has 0 spiro atoms. The number of hydrogen-bond donors (Lipinski definition) is 3. The minimum atomic E-state index is -0.926. The largest absolute Gasteiger partial charge is 0.382 e. The number of anilines is 2. The van der Waals surface area contributed by atoms with E-state index in [1.54, 1.807) is 13.4 Å². The van der Waals surface area contributed by atoms with Crippen LogP contribution in [0.25, 0.3) is 11.2 Å². The lowest BCUT2D eigenvalue weighted by molar-refractivity contribution is -0.125. The molecule has 1 aliphatic carbocycles. The van der Waals surface area contributed by atoms with Crippen LogP contribution in [0.2, 0.25) is 5.02 Å². The summed E-state index contributed by atoms with van der Waals surface area (Å²) in [6.07, 6.45) is 5.75. The number of carbonyl (C=O) groups is 1. The third-order valence-electron chi connectivity index (χ3n) is 6.40. The van der Waals surface area contributed by atoms with Crippen molar-refractivity contribution in [1.29, 1.82) is 0 Å². The van der Waals surface area contributed by atoms with E-state index in [9.17, 15) is 4.79 Å². The van der Waals surface area contributed by atoms with Crippen LogP contribution in [0.3, 0.4) is 0 Å². The number of nitrogens with one attached hydrogen (secondary N) is 1. The molecule has 1 aliphatic heterocycles. The molecule has 2 fully saturated rings.